The van der Waals surface area contributed by atoms with E-state index in [1.165, 1.54) is 0 Å². The maximum absolute atomic E-state index is 11.6. The van der Waals surface area contributed by atoms with Gasteiger partial charge in [0.25, 0.3) is 5.91 Å². The van der Waals surface area contributed by atoms with E-state index in [4.69, 9.17) is 0 Å². The second kappa shape index (κ2) is 9.35. The molecule has 0 unspecified atom stereocenters. The van der Waals surface area contributed by atoms with Crippen molar-refractivity contribution in [3.8, 4) is 0 Å². The molecule has 0 spiro atoms. The standard InChI is InChI=1S/C13H19N3O2.ClH/c1-3-8-15-13(18)10-4-6-11(7-5-10)16-12(17)9-14-2;/h4-7,14H,3,8-9H2,1-2H3,(H,15,18)(H,16,17);1H. The molecular weight excluding hydrogens is 266 g/mol. The Balaban J connectivity index is 0.00000324. The summed E-state index contributed by atoms with van der Waals surface area (Å²) in [5.41, 5.74) is 1.28. The lowest BCUT2D eigenvalue weighted by Crippen LogP contribution is -2.25. The molecule has 2 amide bonds. The number of amides is 2. The van der Waals surface area contributed by atoms with Crippen molar-refractivity contribution in [3.63, 3.8) is 0 Å². The first-order valence-corrected chi connectivity index (χ1v) is 6.00. The van der Waals surface area contributed by atoms with Gasteiger partial charge in [0.1, 0.15) is 0 Å². The van der Waals surface area contributed by atoms with Gasteiger partial charge in [-0.25, -0.2) is 0 Å². The van der Waals surface area contributed by atoms with Crippen LogP contribution in [0.25, 0.3) is 0 Å². The first kappa shape index (κ1) is 17.4. The number of nitrogens with one attached hydrogen (secondary N) is 3. The molecule has 1 rings (SSSR count). The molecule has 0 aromatic heterocycles. The number of hydrogen-bond donors (Lipinski definition) is 3. The second-order valence-corrected chi connectivity index (χ2v) is 3.91. The number of hydrogen-bond acceptors (Lipinski definition) is 3. The highest BCUT2D eigenvalue weighted by Gasteiger charge is 2.05. The average molecular weight is 286 g/mol. The van der Waals surface area contributed by atoms with Crippen LogP contribution in [-0.4, -0.2) is 32.0 Å². The van der Waals surface area contributed by atoms with Gasteiger partial charge in [-0.15, -0.1) is 12.4 Å². The first-order chi connectivity index (χ1) is 8.67. The summed E-state index contributed by atoms with van der Waals surface area (Å²) in [5, 5.41) is 8.28. The zero-order valence-corrected chi connectivity index (χ0v) is 12.0. The summed E-state index contributed by atoms with van der Waals surface area (Å²) in [4.78, 5) is 23.0. The van der Waals surface area contributed by atoms with Gasteiger partial charge in [-0.1, -0.05) is 6.92 Å². The van der Waals surface area contributed by atoms with Gasteiger partial charge in [-0.05, 0) is 37.7 Å². The molecule has 0 aliphatic carbocycles. The first-order valence-electron chi connectivity index (χ1n) is 6.00. The lowest BCUT2D eigenvalue weighted by atomic mass is 10.2. The lowest BCUT2D eigenvalue weighted by molar-refractivity contribution is -0.115. The molecule has 0 atom stereocenters. The zero-order chi connectivity index (χ0) is 13.4. The fraction of sp³-hybridized carbons (Fsp3) is 0.385. The third kappa shape index (κ3) is 6.22. The van der Waals surface area contributed by atoms with Crippen LogP contribution in [0.3, 0.4) is 0 Å². The van der Waals surface area contributed by atoms with Crippen molar-refractivity contribution in [3.05, 3.63) is 29.8 Å². The van der Waals surface area contributed by atoms with E-state index in [1.807, 2.05) is 6.92 Å². The molecule has 0 bridgehead atoms. The molecule has 0 aliphatic rings. The van der Waals surface area contributed by atoms with Crippen molar-refractivity contribution >= 4 is 29.9 Å². The summed E-state index contributed by atoms with van der Waals surface area (Å²) >= 11 is 0. The van der Waals surface area contributed by atoms with Gasteiger partial charge < -0.3 is 16.0 Å². The number of benzene rings is 1. The number of rotatable bonds is 6. The average Bonchev–Trinajstić information content (AvgIpc) is 2.37. The normalized spacial score (nSPS) is 9.37. The van der Waals surface area contributed by atoms with Gasteiger partial charge in [0.05, 0.1) is 6.54 Å². The molecule has 0 aliphatic heterocycles. The van der Waals surface area contributed by atoms with Crippen molar-refractivity contribution in [2.45, 2.75) is 13.3 Å². The summed E-state index contributed by atoms with van der Waals surface area (Å²) in [6.07, 6.45) is 0.907. The van der Waals surface area contributed by atoms with Crippen molar-refractivity contribution in [1.29, 1.82) is 0 Å². The van der Waals surface area contributed by atoms with E-state index in [0.29, 0.717) is 17.8 Å². The monoisotopic (exact) mass is 285 g/mol. The molecule has 0 fully saturated rings. The van der Waals surface area contributed by atoms with E-state index in [9.17, 15) is 9.59 Å². The minimum Gasteiger partial charge on any atom is -0.352 e. The maximum atomic E-state index is 11.6. The minimum absolute atomic E-state index is 0. The van der Waals surface area contributed by atoms with Crippen LogP contribution in [0.4, 0.5) is 5.69 Å². The van der Waals surface area contributed by atoms with Crippen molar-refractivity contribution in [2.75, 3.05) is 25.5 Å². The summed E-state index contributed by atoms with van der Waals surface area (Å²) in [6, 6.07) is 6.82. The molecule has 3 N–H and O–H groups in total. The van der Waals surface area contributed by atoms with E-state index < -0.39 is 0 Å². The second-order valence-electron chi connectivity index (χ2n) is 3.91. The molecule has 0 saturated carbocycles. The van der Waals surface area contributed by atoms with Crippen molar-refractivity contribution in [2.24, 2.45) is 0 Å². The Hall–Kier alpha value is -1.59. The summed E-state index contributed by atoms with van der Waals surface area (Å²) < 4.78 is 0. The van der Waals surface area contributed by atoms with Gasteiger partial charge in [-0.3, -0.25) is 9.59 Å². The van der Waals surface area contributed by atoms with Crippen LogP contribution in [0.15, 0.2) is 24.3 Å². The van der Waals surface area contributed by atoms with Crippen LogP contribution in [0.5, 0.6) is 0 Å². The quantitative estimate of drug-likeness (QED) is 0.740. The van der Waals surface area contributed by atoms with Gasteiger partial charge in [0.2, 0.25) is 5.91 Å². The van der Waals surface area contributed by atoms with Crippen LogP contribution >= 0.6 is 12.4 Å². The van der Waals surface area contributed by atoms with Crippen LogP contribution in [0, 0.1) is 0 Å². The number of carbonyl (C=O) groups is 2. The smallest absolute Gasteiger partial charge is 0.251 e. The number of likely N-dealkylation sites (N-methyl/N-ethyl adjacent to an activating group) is 1. The van der Waals surface area contributed by atoms with Gasteiger partial charge in [-0.2, -0.15) is 0 Å². The third-order valence-corrected chi connectivity index (χ3v) is 2.30. The number of carbonyl (C=O) groups excluding carboxylic acids is 2. The predicted molar refractivity (Wildman–Crippen MR) is 78.9 cm³/mol. The highest BCUT2D eigenvalue weighted by Crippen LogP contribution is 2.09. The molecule has 0 heterocycles. The molecule has 0 radical (unpaired) electrons. The van der Waals surface area contributed by atoms with E-state index in [2.05, 4.69) is 16.0 Å². The lowest BCUT2D eigenvalue weighted by Gasteiger charge is -2.06. The summed E-state index contributed by atoms with van der Waals surface area (Å²) in [6.45, 7) is 2.93. The Kier molecular flexibility index (Phi) is 8.57. The Morgan fingerprint density at radius 2 is 1.79 bits per heavy atom. The Bertz CT molecular complexity index is 407. The van der Waals surface area contributed by atoms with Gasteiger partial charge in [0, 0.05) is 17.8 Å². The van der Waals surface area contributed by atoms with E-state index in [1.54, 1.807) is 31.3 Å². The van der Waals surface area contributed by atoms with E-state index >= 15 is 0 Å². The van der Waals surface area contributed by atoms with E-state index in [0.717, 1.165) is 6.42 Å². The largest absolute Gasteiger partial charge is 0.352 e. The fourth-order valence-corrected chi connectivity index (χ4v) is 1.41. The molecule has 6 heteroatoms. The van der Waals surface area contributed by atoms with Crippen LogP contribution in [-0.2, 0) is 4.79 Å². The third-order valence-electron chi connectivity index (χ3n) is 2.30. The molecule has 0 saturated heterocycles. The molecule has 106 valence electrons. The van der Waals surface area contributed by atoms with E-state index in [-0.39, 0.29) is 30.8 Å². The minimum atomic E-state index is -0.110. The molecule has 1 aromatic carbocycles. The highest BCUT2D eigenvalue weighted by molar-refractivity contribution is 5.96. The summed E-state index contributed by atoms with van der Waals surface area (Å²) in [7, 11) is 1.71. The van der Waals surface area contributed by atoms with Crippen molar-refractivity contribution in [1.82, 2.24) is 10.6 Å². The van der Waals surface area contributed by atoms with Crippen molar-refractivity contribution < 1.29 is 9.59 Å². The van der Waals surface area contributed by atoms with Crippen LogP contribution < -0.4 is 16.0 Å². The zero-order valence-electron chi connectivity index (χ0n) is 11.2. The van der Waals surface area contributed by atoms with Gasteiger partial charge >= 0.3 is 0 Å². The molecular formula is C13H20ClN3O2. The molecule has 19 heavy (non-hydrogen) atoms. The molecule has 1 aromatic rings. The van der Waals surface area contributed by atoms with Crippen LogP contribution in [0.2, 0.25) is 0 Å². The summed E-state index contributed by atoms with van der Waals surface area (Å²) in [5.74, 6) is -0.203. The highest BCUT2D eigenvalue weighted by atomic mass is 35.5. The SMILES string of the molecule is CCCNC(=O)c1ccc(NC(=O)CNC)cc1.Cl. The fourth-order valence-electron chi connectivity index (χ4n) is 1.41. The number of anilines is 1. The Labute approximate surface area is 119 Å². The Morgan fingerprint density at radius 1 is 1.16 bits per heavy atom. The Morgan fingerprint density at radius 3 is 2.32 bits per heavy atom. The predicted octanol–water partition coefficient (Wildman–Crippen LogP) is 1.41. The maximum Gasteiger partial charge on any atom is 0.251 e. The van der Waals surface area contributed by atoms with Gasteiger partial charge in [0.15, 0.2) is 0 Å². The topological polar surface area (TPSA) is 70.2 Å². The molecule has 5 nitrogen and oxygen atoms in total. The van der Waals surface area contributed by atoms with Crippen LogP contribution in [0.1, 0.15) is 23.7 Å². The number of halogens is 1.